The van der Waals surface area contributed by atoms with Crippen molar-refractivity contribution < 1.29 is 0 Å². The van der Waals surface area contributed by atoms with Gasteiger partial charge in [0.05, 0.1) is 0 Å². The highest BCUT2D eigenvalue weighted by Gasteiger charge is 2.61. The molecule has 1 aromatic carbocycles. The molecule has 0 bridgehead atoms. The van der Waals surface area contributed by atoms with Gasteiger partial charge in [-0.25, -0.2) is 0 Å². The van der Waals surface area contributed by atoms with E-state index in [1.807, 2.05) is 0 Å². The predicted octanol–water partition coefficient (Wildman–Crippen LogP) is 2.85. The highest BCUT2D eigenvalue weighted by atomic mass is 14.7. The summed E-state index contributed by atoms with van der Waals surface area (Å²) in [6.45, 7) is 0.877. The Balaban J connectivity index is 1.97. The Hall–Kier alpha value is -0.820. The first-order valence-corrected chi connectivity index (χ1v) is 6.09. The molecule has 1 nitrogen and oxygen atoms in total. The molecule has 0 atom stereocenters. The van der Waals surface area contributed by atoms with E-state index < -0.39 is 0 Å². The summed E-state index contributed by atoms with van der Waals surface area (Å²) < 4.78 is 0. The quantitative estimate of drug-likeness (QED) is 0.799. The third-order valence-electron chi connectivity index (χ3n) is 4.79. The molecule has 0 spiro atoms. The zero-order valence-corrected chi connectivity index (χ0v) is 9.21. The molecule has 2 aliphatic carbocycles. The van der Waals surface area contributed by atoms with Crippen molar-refractivity contribution >= 4 is 0 Å². The lowest BCUT2D eigenvalue weighted by atomic mass is 9.57. The zero-order chi connectivity index (χ0) is 10.4. The molecule has 0 unspecified atom stereocenters. The lowest BCUT2D eigenvalue weighted by Gasteiger charge is -2.48. The van der Waals surface area contributed by atoms with Gasteiger partial charge in [-0.3, -0.25) is 0 Å². The molecule has 0 radical (unpaired) electrons. The van der Waals surface area contributed by atoms with Crippen LogP contribution in [0.5, 0.6) is 0 Å². The van der Waals surface area contributed by atoms with E-state index in [4.69, 9.17) is 5.73 Å². The van der Waals surface area contributed by atoms with Gasteiger partial charge in [0, 0.05) is 5.41 Å². The summed E-state index contributed by atoms with van der Waals surface area (Å²) in [6, 6.07) is 11.0. The van der Waals surface area contributed by atoms with Gasteiger partial charge in [-0.15, -0.1) is 0 Å². The van der Waals surface area contributed by atoms with Crippen LogP contribution in [0.3, 0.4) is 0 Å². The number of nitrogens with two attached hydrogens (primary N) is 1. The summed E-state index contributed by atoms with van der Waals surface area (Å²) >= 11 is 0. The van der Waals surface area contributed by atoms with Crippen molar-refractivity contribution in [3.8, 4) is 0 Å². The van der Waals surface area contributed by atoms with E-state index in [1.54, 1.807) is 0 Å². The molecule has 1 aromatic rings. The van der Waals surface area contributed by atoms with Crippen molar-refractivity contribution in [1.82, 2.24) is 0 Å². The summed E-state index contributed by atoms with van der Waals surface area (Å²) in [7, 11) is 0. The molecule has 0 saturated heterocycles. The number of rotatable bonds is 3. The Morgan fingerprint density at radius 3 is 2.07 bits per heavy atom. The fraction of sp³-hybridized carbons (Fsp3) is 0.571. The van der Waals surface area contributed by atoms with Crippen LogP contribution in [0, 0.1) is 5.41 Å². The maximum absolute atomic E-state index is 6.03. The molecule has 0 aliphatic heterocycles. The Morgan fingerprint density at radius 1 is 1.00 bits per heavy atom. The minimum atomic E-state index is 0.453. The topological polar surface area (TPSA) is 26.0 Å². The van der Waals surface area contributed by atoms with Gasteiger partial charge in [-0.1, -0.05) is 36.8 Å². The average molecular weight is 201 g/mol. The summed E-state index contributed by atoms with van der Waals surface area (Å²) in [6.07, 6.45) is 6.78. The molecule has 80 valence electrons. The van der Waals surface area contributed by atoms with Crippen molar-refractivity contribution in [2.75, 3.05) is 6.54 Å². The number of hydrogen-bond acceptors (Lipinski definition) is 1. The van der Waals surface area contributed by atoms with Gasteiger partial charge in [0.15, 0.2) is 0 Å². The Labute approximate surface area is 91.7 Å². The molecular formula is C14H19N. The van der Waals surface area contributed by atoms with Crippen molar-refractivity contribution in [2.24, 2.45) is 11.1 Å². The van der Waals surface area contributed by atoms with Gasteiger partial charge < -0.3 is 5.73 Å². The summed E-state index contributed by atoms with van der Waals surface area (Å²) in [5.74, 6) is 0. The molecule has 2 aliphatic rings. The van der Waals surface area contributed by atoms with Crippen molar-refractivity contribution in [2.45, 2.75) is 37.5 Å². The third-order valence-corrected chi connectivity index (χ3v) is 4.79. The highest BCUT2D eigenvalue weighted by molar-refractivity contribution is 5.36. The standard InChI is InChI=1S/C14H19N/c15-11-13(7-4-8-13)14(9-10-14)12-5-2-1-3-6-12/h1-3,5-6H,4,7-11,15H2. The molecule has 0 aromatic heterocycles. The van der Waals surface area contributed by atoms with E-state index in [2.05, 4.69) is 30.3 Å². The molecule has 1 heteroatoms. The van der Waals surface area contributed by atoms with Crippen LogP contribution in [0.25, 0.3) is 0 Å². The zero-order valence-electron chi connectivity index (χ0n) is 9.21. The van der Waals surface area contributed by atoms with E-state index in [9.17, 15) is 0 Å². The van der Waals surface area contributed by atoms with Crippen LogP contribution in [0.4, 0.5) is 0 Å². The maximum atomic E-state index is 6.03. The third kappa shape index (κ3) is 1.13. The van der Waals surface area contributed by atoms with Gasteiger partial charge in [0.2, 0.25) is 0 Å². The Bertz CT molecular complexity index is 341. The SMILES string of the molecule is NCC1(C2(c3ccccc3)CC2)CCC1. The van der Waals surface area contributed by atoms with Crippen LogP contribution < -0.4 is 5.73 Å². The van der Waals surface area contributed by atoms with Gasteiger partial charge >= 0.3 is 0 Å². The first-order valence-electron chi connectivity index (χ1n) is 6.09. The molecule has 0 heterocycles. The lowest BCUT2D eigenvalue weighted by Crippen LogP contribution is -2.47. The molecule has 2 saturated carbocycles. The molecular weight excluding hydrogens is 182 g/mol. The monoisotopic (exact) mass is 201 g/mol. The van der Waals surface area contributed by atoms with Crippen LogP contribution in [-0.4, -0.2) is 6.54 Å². The second kappa shape index (κ2) is 3.08. The number of hydrogen-bond donors (Lipinski definition) is 1. The summed E-state index contributed by atoms with van der Waals surface area (Å²) in [4.78, 5) is 0. The Morgan fingerprint density at radius 2 is 1.67 bits per heavy atom. The Kier molecular flexibility index (Phi) is 1.93. The summed E-state index contributed by atoms with van der Waals surface area (Å²) in [5, 5.41) is 0. The summed E-state index contributed by atoms with van der Waals surface area (Å²) in [5.41, 5.74) is 8.48. The molecule has 2 fully saturated rings. The van der Waals surface area contributed by atoms with Crippen LogP contribution >= 0.6 is 0 Å². The van der Waals surface area contributed by atoms with Crippen LogP contribution in [0.15, 0.2) is 30.3 Å². The molecule has 2 N–H and O–H groups in total. The molecule has 0 amide bonds. The minimum Gasteiger partial charge on any atom is -0.330 e. The van der Waals surface area contributed by atoms with Crippen LogP contribution in [0.1, 0.15) is 37.7 Å². The van der Waals surface area contributed by atoms with Crippen molar-refractivity contribution in [1.29, 1.82) is 0 Å². The average Bonchev–Trinajstić information content (AvgIpc) is 3.00. The van der Waals surface area contributed by atoms with Gasteiger partial charge in [0.1, 0.15) is 0 Å². The fourth-order valence-corrected chi connectivity index (χ4v) is 3.49. The molecule has 3 rings (SSSR count). The first-order chi connectivity index (χ1) is 7.33. The predicted molar refractivity (Wildman–Crippen MR) is 62.7 cm³/mol. The van der Waals surface area contributed by atoms with E-state index in [0.29, 0.717) is 10.8 Å². The van der Waals surface area contributed by atoms with Gasteiger partial charge in [0.25, 0.3) is 0 Å². The van der Waals surface area contributed by atoms with E-state index >= 15 is 0 Å². The normalized spacial score (nSPS) is 25.7. The van der Waals surface area contributed by atoms with Gasteiger partial charge in [-0.2, -0.15) is 0 Å². The van der Waals surface area contributed by atoms with Crippen LogP contribution in [-0.2, 0) is 5.41 Å². The molecule has 15 heavy (non-hydrogen) atoms. The largest absolute Gasteiger partial charge is 0.330 e. The number of benzene rings is 1. The fourth-order valence-electron chi connectivity index (χ4n) is 3.49. The van der Waals surface area contributed by atoms with E-state index in [0.717, 1.165) is 6.54 Å². The van der Waals surface area contributed by atoms with Crippen molar-refractivity contribution in [3.63, 3.8) is 0 Å². The second-order valence-electron chi connectivity index (χ2n) is 5.29. The van der Waals surface area contributed by atoms with Gasteiger partial charge in [-0.05, 0) is 43.2 Å². The highest BCUT2D eigenvalue weighted by Crippen LogP contribution is 2.66. The maximum Gasteiger partial charge on any atom is 0.00221 e. The second-order valence-corrected chi connectivity index (χ2v) is 5.29. The van der Waals surface area contributed by atoms with Crippen LogP contribution in [0.2, 0.25) is 0 Å². The van der Waals surface area contributed by atoms with Crippen molar-refractivity contribution in [3.05, 3.63) is 35.9 Å². The lowest BCUT2D eigenvalue weighted by molar-refractivity contribution is 0.0869. The first kappa shape index (κ1) is 9.41. The smallest absolute Gasteiger partial charge is 0.00221 e. The van der Waals surface area contributed by atoms with E-state index in [-0.39, 0.29) is 0 Å². The van der Waals surface area contributed by atoms with E-state index in [1.165, 1.54) is 37.7 Å². The minimum absolute atomic E-state index is 0.453.